The van der Waals surface area contributed by atoms with E-state index in [-0.39, 0.29) is 17.2 Å². The maximum atomic E-state index is 12.3. The molecule has 0 unspecified atom stereocenters. The molecule has 0 saturated carbocycles. The highest BCUT2D eigenvalue weighted by molar-refractivity contribution is 5.74. The van der Waals surface area contributed by atoms with E-state index in [4.69, 9.17) is 5.73 Å². The molecule has 21 heavy (non-hydrogen) atoms. The molecule has 0 atom stereocenters. The van der Waals surface area contributed by atoms with Gasteiger partial charge in [-0.25, -0.2) is 4.79 Å². The average molecular weight is 294 g/mol. The molecule has 0 saturated heterocycles. The fourth-order valence-corrected chi connectivity index (χ4v) is 2.30. The molecule has 2 aromatic heterocycles. The number of nitrogens with zero attached hydrogens (tertiary/aromatic N) is 4. The molecule has 8 nitrogen and oxygen atoms in total. The first kappa shape index (κ1) is 15.3. The molecule has 0 aliphatic rings. The maximum absolute atomic E-state index is 12.3. The molecule has 0 radical (unpaired) electrons. The molecule has 3 N–H and O–H groups in total. The Morgan fingerprint density at radius 2 is 1.90 bits per heavy atom. The molecule has 116 valence electrons. The summed E-state index contributed by atoms with van der Waals surface area (Å²) in [5, 5.41) is 3.06. The fourth-order valence-electron chi connectivity index (χ4n) is 2.30. The first-order valence-corrected chi connectivity index (χ1v) is 6.98. The van der Waals surface area contributed by atoms with Crippen molar-refractivity contribution in [3.05, 3.63) is 20.8 Å². The van der Waals surface area contributed by atoms with Crippen molar-refractivity contribution in [2.75, 3.05) is 18.4 Å². The number of nitrogens with two attached hydrogens (primary N) is 1. The van der Waals surface area contributed by atoms with E-state index in [9.17, 15) is 9.59 Å². The summed E-state index contributed by atoms with van der Waals surface area (Å²) in [7, 11) is 3.24. The lowest BCUT2D eigenvalue weighted by Gasteiger charge is -2.10. The van der Waals surface area contributed by atoms with Crippen LogP contribution in [0.15, 0.2) is 9.59 Å². The van der Waals surface area contributed by atoms with Crippen molar-refractivity contribution in [2.24, 2.45) is 25.7 Å². The second-order valence-electron chi connectivity index (χ2n) is 5.53. The highest BCUT2D eigenvalue weighted by Crippen LogP contribution is 2.14. The van der Waals surface area contributed by atoms with Gasteiger partial charge >= 0.3 is 5.69 Å². The molecule has 0 fully saturated rings. The fraction of sp³-hybridized carbons (Fsp3) is 0.615. The van der Waals surface area contributed by atoms with Crippen LogP contribution in [-0.2, 0) is 20.6 Å². The zero-order valence-corrected chi connectivity index (χ0v) is 12.9. The van der Waals surface area contributed by atoms with Crippen LogP contribution in [0.1, 0.15) is 13.8 Å². The predicted molar refractivity (Wildman–Crippen MR) is 82.6 cm³/mol. The number of aryl methyl sites for hydroxylation is 1. The summed E-state index contributed by atoms with van der Waals surface area (Å²) in [6.45, 7) is 5.54. The van der Waals surface area contributed by atoms with Crippen LogP contribution in [0.5, 0.6) is 0 Å². The molecule has 0 amide bonds. The molecule has 2 rings (SSSR count). The van der Waals surface area contributed by atoms with Crippen LogP contribution in [0.25, 0.3) is 11.2 Å². The normalized spacial score (nSPS) is 11.5. The van der Waals surface area contributed by atoms with E-state index in [0.29, 0.717) is 36.7 Å². The third-order valence-electron chi connectivity index (χ3n) is 3.33. The van der Waals surface area contributed by atoms with Gasteiger partial charge in [-0.3, -0.25) is 13.9 Å². The lowest BCUT2D eigenvalue weighted by molar-refractivity contribution is 0.500. The Bertz CT molecular complexity index is 768. The monoisotopic (exact) mass is 294 g/mol. The quantitative estimate of drug-likeness (QED) is 0.771. The highest BCUT2D eigenvalue weighted by atomic mass is 16.2. The van der Waals surface area contributed by atoms with Gasteiger partial charge in [-0.15, -0.1) is 0 Å². The van der Waals surface area contributed by atoms with Gasteiger partial charge in [0, 0.05) is 33.7 Å². The molecule has 2 heterocycles. The van der Waals surface area contributed by atoms with Crippen molar-refractivity contribution in [1.29, 1.82) is 0 Å². The van der Waals surface area contributed by atoms with Gasteiger partial charge in [0.15, 0.2) is 11.2 Å². The first-order valence-electron chi connectivity index (χ1n) is 6.98. The Morgan fingerprint density at radius 1 is 1.24 bits per heavy atom. The number of fused-ring (bicyclic) bond motifs is 1. The topological polar surface area (TPSA) is 99.9 Å². The van der Waals surface area contributed by atoms with Crippen molar-refractivity contribution >= 4 is 17.1 Å². The lowest BCUT2D eigenvalue weighted by atomic mass is 10.2. The molecule has 0 spiro atoms. The zero-order chi connectivity index (χ0) is 15.7. The molecule has 0 aliphatic heterocycles. The summed E-state index contributed by atoms with van der Waals surface area (Å²) in [6, 6.07) is 0. The van der Waals surface area contributed by atoms with Crippen LogP contribution >= 0.6 is 0 Å². The van der Waals surface area contributed by atoms with Gasteiger partial charge in [0.1, 0.15) is 0 Å². The molecule has 0 bridgehead atoms. The predicted octanol–water partition coefficient (Wildman–Crippen LogP) is -0.540. The third-order valence-corrected chi connectivity index (χ3v) is 3.33. The van der Waals surface area contributed by atoms with Gasteiger partial charge in [0.2, 0.25) is 5.95 Å². The van der Waals surface area contributed by atoms with Crippen molar-refractivity contribution in [1.82, 2.24) is 18.7 Å². The summed E-state index contributed by atoms with van der Waals surface area (Å²) in [4.78, 5) is 29.1. The summed E-state index contributed by atoms with van der Waals surface area (Å²) in [6.07, 6.45) is 0. The summed E-state index contributed by atoms with van der Waals surface area (Å²) in [5.74, 6) is 0.807. The standard InChI is InChI=1S/C13H22N6O2/c1-8(2)7-19-10-9(11(20)18(4)13(19)21)17(3)12(16-10)15-6-5-14/h8H,5-7,14H2,1-4H3,(H,15,16). The van der Waals surface area contributed by atoms with Crippen LogP contribution in [0.2, 0.25) is 0 Å². The minimum atomic E-state index is -0.343. The van der Waals surface area contributed by atoms with Crippen LogP contribution in [-0.4, -0.2) is 31.8 Å². The van der Waals surface area contributed by atoms with Crippen molar-refractivity contribution in [3.8, 4) is 0 Å². The van der Waals surface area contributed by atoms with Crippen molar-refractivity contribution in [2.45, 2.75) is 20.4 Å². The molecular formula is C13H22N6O2. The molecule has 2 aromatic rings. The van der Waals surface area contributed by atoms with Gasteiger partial charge in [-0.2, -0.15) is 4.98 Å². The van der Waals surface area contributed by atoms with Crippen molar-refractivity contribution < 1.29 is 0 Å². The summed E-state index contributed by atoms with van der Waals surface area (Å²) < 4.78 is 4.34. The van der Waals surface area contributed by atoms with Gasteiger partial charge in [-0.1, -0.05) is 13.8 Å². The Morgan fingerprint density at radius 3 is 2.48 bits per heavy atom. The van der Waals surface area contributed by atoms with Gasteiger partial charge in [-0.05, 0) is 5.92 Å². The second kappa shape index (κ2) is 5.72. The molecule has 0 aromatic carbocycles. The minimum absolute atomic E-state index is 0.269. The number of imidazole rings is 1. The number of anilines is 1. The van der Waals surface area contributed by atoms with E-state index in [1.165, 1.54) is 7.05 Å². The summed E-state index contributed by atoms with van der Waals surface area (Å²) in [5.41, 5.74) is 5.62. The highest BCUT2D eigenvalue weighted by Gasteiger charge is 2.18. The molecular weight excluding hydrogens is 272 g/mol. The number of aromatic nitrogens is 4. The SMILES string of the molecule is CC(C)Cn1c(=O)n(C)c(=O)c2c1nc(NCCN)n2C. The largest absolute Gasteiger partial charge is 0.354 e. The van der Waals surface area contributed by atoms with Gasteiger partial charge < -0.3 is 15.6 Å². The first-order chi connectivity index (χ1) is 9.88. The van der Waals surface area contributed by atoms with Crippen LogP contribution in [0.3, 0.4) is 0 Å². The van der Waals surface area contributed by atoms with Gasteiger partial charge in [0.05, 0.1) is 0 Å². The Hall–Kier alpha value is -2.09. The van der Waals surface area contributed by atoms with Crippen LogP contribution in [0, 0.1) is 5.92 Å². The van der Waals surface area contributed by atoms with Gasteiger partial charge in [0.25, 0.3) is 5.56 Å². The Balaban J connectivity index is 2.78. The van der Waals surface area contributed by atoms with E-state index in [1.54, 1.807) is 16.2 Å². The zero-order valence-electron chi connectivity index (χ0n) is 12.9. The molecule has 0 aliphatic carbocycles. The minimum Gasteiger partial charge on any atom is -0.354 e. The third kappa shape index (κ3) is 2.58. The number of hydrogen-bond donors (Lipinski definition) is 2. The van der Waals surface area contributed by atoms with Crippen molar-refractivity contribution in [3.63, 3.8) is 0 Å². The van der Waals surface area contributed by atoms with Crippen LogP contribution < -0.4 is 22.3 Å². The van der Waals surface area contributed by atoms with Crippen LogP contribution in [0.4, 0.5) is 5.95 Å². The number of nitrogens with one attached hydrogen (secondary N) is 1. The Labute approximate surface area is 122 Å². The molecule has 8 heteroatoms. The lowest BCUT2D eigenvalue weighted by Crippen LogP contribution is -2.39. The maximum Gasteiger partial charge on any atom is 0.332 e. The smallest absolute Gasteiger partial charge is 0.332 e. The second-order valence-corrected chi connectivity index (χ2v) is 5.53. The van der Waals surface area contributed by atoms with E-state index < -0.39 is 0 Å². The van der Waals surface area contributed by atoms with E-state index in [2.05, 4.69) is 10.3 Å². The Kier molecular flexibility index (Phi) is 4.17. The average Bonchev–Trinajstić information content (AvgIpc) is 2.76. The summed E-state index contributed by atoms with van der Waals surface area (Å²) >= 11 is 0. The van der Waals surface area contributed by atoms with E-state index in [1.807, 2.05) is 13.8 Å². The van der Waals surface area contributed by atoms with E-state index >= 15 is 0 Å². The number of rotatable bonds is 5. The van der Waals surface area contributed by atoms with E-state index in [0.717, 1.165) is 4.57 Å². The number of hydrogen-bond acceptors (Lipinski definition) is 5.